The van der Waals surface area contributed by atoms with E-state index in [2.05, 4.69) is 70.3 Å². The summed E-state index contributed by atoms with van der Waals surface area (Å²) in [6, 6.07) is 23.3. The SMILES string of the molecule is Cc1nc2ccc(-c3ccc4c(c3)CN(C(=O)N3CCC(C)CC3c3ccccc3)CCO4)cc2[nH]1. The van der Waals surface area contributed by atoms with Crippen LogP contribution in [0.1, 0.15) is 42.8 Å². The van der Waals surface area contributed by atoms with Gasteiger partial charge in [-0.05, 0) is 66.6 Å². The monoisotopic (exact) mass is 480 g/mol. The zero-order valence-corrected chi connectivity index (χ0v) is 20.9. The predicted molar refractivity (Wildman–Crippen MR) is 142 cm³/mol. The van der Waals surface area contributed by atoms with E-state index in [4.69, 9.17) is 4.74 Å². The van der Waals surface area contributed by atoms with Gasteiger partial charge in [-0.25, -0.2) is 9.78 Å². The van der Waals surface area contributed by atoms with Gasteiger partial charge < -0.3 is 19.5 Å². The number of aromatic amines is 1. The Kier molecular flexibility index (Phi) is 5.88. The maximum absolute atomic E-state index is 13.9. The maximum atomic E-state index is 13.9. The molecule has 1 fully saturated rings. The van der Waals surface area contributed by atoms with Gasteiger partial charge in [-0.15, -0.1) is 0 Å². The summed E-state index contributed by atoms with van der Waals surface area (Å²) in [5.74, 6) is 2.37. The van der Waals surface area contributed by atoms with Crippen molar-refractivity contribution in [1.82, 2.24) is 19.8 Å². The van der Waals surface area contributed by atoms with Crippen LogP contribution in [0, 0.1) is 12.8 Å². The summed E-state index contributed by atoms with van der Waals surface area (Å²) >= 11 is 0. The molecule has 1 saturated heterocycles. The summed E-state index contributed by atoms with van der Waals surface area (Å²) in [6.45, 7) is 6.66. The summed E-state index contributed by atoms with van der Waals surface area (Å²) in [6.07, 6.45) is 2.03. The number of ether oxygens (including phenoxy) is 1. The molecule has 184 valence electrons. The number of aryl methyl sites for hydroxylation is 1. The molecule has 3 heterocycles. The highest BCUT2D eigenvalue weighted by Crippen LogP contribution is 2.36. The normalized spacial score (nSPS) is 20.1. The van der Waals surface area contributed by atoms with Crippen LogP contribution >= 0.6 is 0 Å². The molecule has 2 atom stereocenters. The lowest BCUT2D eigenvalue weighted by Gasteiger charge is -2.41. The lowest BCUT2D eigenvalue weighted by atomic mass is 9.88. The van der Waals surface area contributed by atoms with Crippen LogP contribution < -0.4 is 4.74 Å². The Hall–Kier alpha value is -3.80. The number of imidazole rings is 1. The fraction of sp³-hybridized carbons (Fsp3) is 0.333. The number of piperidine rings is 1. The van der Waals surface area contributed by atoms with E-state index in [9.17, 15) is 4.79 Å². The van der Waals surface area contributed by atoms with Crippen molar-refractivity contribution in [3.05, 3.63) is 83.7 Å². The zero-order valence-electron chi connectivity index (χ0n) is 20.9. The molecule has 4 aromatic rings. The van der Waals surface area contributed by atoms with Gasteiger partial charge in [0.1, 0.15) is 18.2 Å². The number of urea groups is 1. The van der Waals surface area contributed by atoms with Gasteiger partial charge in [0.05, 0.1) is 30.2 Å². The fourth-order valence-corrected chi connectivity index (χ4v) is 5.60. The van der Waals surface area contributed by atoms with Gasteiger partial charge in [0.15, 0.2) is 0 Å². The zero-order chi connectivity index (χ0) is 24.6. The molecule has 1 aromatic heterocycles. The van der Waals surface area contributed by atoms with Crippen LogP contribution in [0.15, 0.2) is 66.7 Å². The molecule has 6 rings (SSSR count). The minimum Gasteiger partial charge on any atom is -0.491 e. The second kappa shape index (κ2) is 9.34. The van der Waals surface area contributed by atoms with E-state index in [-0.39, 0.29) is 12.1 Å². The molecule has 2 amide bonds. The van der Waals surface area contributed by atoms with Gasteiger partial charge in [0.2, 0.25) is 0 Å². The van der Waals surface area contributed by atoms with Crippen LogP contribution in [-0.2, 0) is 6.54 Å². The van der Waals surface area contributed by atoms with Gasteiger partial charge in [-0.1, -0.05) is 49.4 Å². The summed E-state index contributed by atoms with van der Waals surface area (Å²) < 4.78 is 6.08. The van der Waals surface area contributed by atoms with Crippen molar-refractivity contribution in [2.45, 2.75) is 39.3 Å². The number of fused-ring (bicyclic) bond motifs is 2. The molecule has 0 spiro atoms. The molecule has 6 nitrogen and oxygen atoms in total. The Morgan fingerprint density at radius 2 is 1.83 bits per heavy atom. The van der Waals surface area contributed by atoms with Crippen LogP contribution in [0.3, 0.4) is 0 Å². The van der Waals surface area contributed by atoms with Crippen LogP contribution in [0.4, 0.5) is 4.79 Å². The second-order valence-electron chi connectivity index (χ2n) is 10.2. The summed E-state index contributed by atoms with van der Waals surface area (Å²) in [5.41, 5.74) is 6.48. The van der Waals surface area contributed by atoms with Gasteiger partial charge in [0.25, 0.3) is 0 Å². The van der Waals surface area contributed by atoms with Crippen LogP contribution in [-0.4, -0.2) is 45.5 Å². The first-order valence-corrected chi connectivity index (χ1v) is 12.9. The third-order valence-corrected chi connectivity index (χ3v) is 7.54. The summed E-state index contributed by atoms with van der Waals surface area (Å²) in [5, 5.41) is 0. The number of amides is 2. The van der Waals surface area contributed by atoms with E-state index >= 15 is 0 Å². The highest BCUT2D eigenvalue weighted by molar-refractivity contribution is 5.82. The molecule has 1 N–H and O–H groups in total. The van der Waals surface area contributed by atoms with E-state index in [0.717, 1.165) is 58.7 Å². The average molecular weight is 481 g/mol. The van der Waals surface area contributed by atoms with Crippen LogP contribution in [0.2, 0.25) is 0 Å². The first-order valence-electron chi connectivity index (χ1n) is 12.9. The van der Waals surface area contributed by atoms with Crippen molar-refractivity contribution in [1.29, 1.82) is 0 Å². The third kappa shape index (κ3) is 4.32. The topological polar surface area (TPSA) is 61.5 Å². The number of likely N-dealkylation sites (tertiary alicyclic amines) is 1. The number of hydrogen-bond donors (Lipinski definition) is 1. The molecule has 0 aliphatic carbocycles. The van der Waals surface area contributed by atoms with E-state index in [1.807, 2.05) is 30.0 Å². The number of rotatable bonds is 2. The van der Waals surface area contributed by atoms with Gasteiger partial charge in [-0.2, -0.15) is 0 Å². The minimum atomic E-state index is 0.104. The van der Waals surface area contributed by atoms with Crippen LogP contribution in [0.5, 0.6) is 5.75 Å². The number of aromatic nitrogens is 2. The molecular formula is C30H32N4O2. The Balaban J connectivity index is 1.28. The maximum Gasteiger partial charge on any atom is 0.320 e. The van der Waals surface area contributed by atoms with E-state index in [1.54, 1.807) is 0 Å². The van der Waals surface area contributed by atoms with E-state index < -0.39 is 0 Å². The predicted octanol–water partition coefficient (Wildman–Crippen LogP) is 6.33. The van der Waals surface area contributed by atoms with E-state index in [0.29, 0.717) is 25.6 Å². The molecule has 2 aliphatic heterocycles. The molecule has 36 heavy (non-hydrogen) atoms. The number of carbonyl (C=O) groups is 1. The second-order valence-corrected chi connectivity index (χ2v) is 10.2. The first-order chi connectivity index (χ1) is 17.5. The molecule has 0 radical (unpaired) electrons. The van der Waals surface area contributed by atoms with Gasteiger partial charge >= 0.3 is 6.03 Å². The van der Waals surface area contributed by atoms with Crippen molar-refractivity contribution in [2.24, 2.45) is 5.92 Å². The highest BCUT2D eigenvalue weighted by atomic mass is 16.5. The van der Waals surface area contributed by atoms with Crippen molar-refractivity contribution >= 4 is 17.1 Å². The van der Waals surface area contributed by atoms with Crippen molar-refractivity contribution in [3.8, 4) is 16.9 Å². The molecule has 2 unspecified atom stereocenters. The average Bonchev–Trinajstić information content (AvgIpc) is 3.14. The quantitative estimate of drug-likeness (QED) is 0.365. The van der Waals surface area contributed by atoms with E-state index in [1.165, 1.54) is 5.56 Å². The van der Waals surface area contributed by atoms with Crippen molar-refractivity contribution in [3.63, 3.8) is 0 Å². The van der Waals surface area contributed by atoms with Gasteiger partial charge in [-0.3, -0.25) is 0 Å². The molecule has 6 heteroatoms. The lowest BCUT2D eigenvalue weighted by molar-refractivity contribution is 0.0969. The largest absolute Gasteiger partial charge is 0.491 e. The van der Waals surface area contributed by atoms with Crippen molar-refractivity contribution < 1.29 is 9.53 Å². The molecule has 0 bridgehead atoms. The summed E-state index contributed by atoms with van der Waals surface area (Å²) in [7, 11) is 0. The Labute approximate surface area is 211 Å². The number of nitrogens with zero attached hydrogens (tertiary/aromatic N) is 3. The minimum absolute atomic E-state index is 0.104. The Morgan fingerprint density at radius 1 is 1.03 bits per heavy atom. The summed E-state index contributed by atoms with van der Waals surface area (Å²) in [4.78, 5) is 25.8. The Morgan fingerprint density at radius 3 is 2.69 bits per heavy atom. The molecule has 3 aromatic carbocycles. The molecular weight excluding hydrogens is 448 g/mol. The fourth-order valence-electron chi connectivity index (χ4n) is 5.60. The smallest absolute Gasteiger partial charge is 0.320 e. The standard InChI is InChI=1S/C30H32N4O2/c1-20-12-13-34(28(16-20)22-6-4-3-5-7-22)30(35)33-14-15-36-29-11-9-23(17-25(29)19-33)24-8-10-26-27(18-24)32-21(2)31-26/h3-11,17-18,20,28H,12-16,19H2,1-2H3,(H,31,32). The first kappa shape index (κ1) is 22.7. The van der Waals surface area contributed by atoms with Crippen LogP contribution in [0.25, 0.3) is 22.2 Å². The number of nitrogens with one attached hydrogen (secondary N) is 1. The number of carbonyl (C=O) groups excluding carboxylic acids is 1. The van der Waals surface area contributed by atoms with Gasteiger partial charge in [0, 0.05) is 12.1 Å². The third-order valence-electron chi connectivity index (χ3n) is 7.54. The molecule has 2 aliphatic rings. The number of benzene rings is 3. The molecule has 0 saturated carbocycles. The number of H-pyrrole nitrogens is 1. The Bertz CT molecular complexity index is 1400. The lowest BCUT2D eigenvalue weighted by Crippen LogP contribution is -2.48. The number of hydrogen-bond acceptors (Lipinski definition) is 3. The van der Waals surface area contributed by atoms with Crippen molar-refractivity contribution in [2.75, 3.05) is 19.7 Å². The highest BCUT2D eigenvalue weighted by Gasteiger charge is 2.34.